The highest BCUT2D eigenvalue weighted by Gasteiger charge is 2.30. The van der Waals surface area contributed by atoms with Gasteiger partial charge in [0.05, 0.1) is 39.7 Å². The molecule has 4 aromatic carbocycles. The summed E-state index contributed by atoms with van der Waals surface area (Å²) >= 11 is 0.766. The fourth-order valence-electron chi connectivity index (χ4n) is 9.60. The summed E-state index contributed by atoms with van der Waals surface area (Å²) in [5.74, 6) is -1.09. The fourth-order valence-corrected chi connectivity index (χ4v) is 11.8. The van der Waals surface area contributed by atoms with Gasteiger partial charge in [-0.15, -0.1) is 19.6 Å². The lowest BCUT2D eigenvalue weighted by Gasteiger charge is -2.29. The van der Waals surface area contributed by atoms with Gasteiger partial charge in [0.25, 0.3) is 11.1 Å². The molecule has 0 aliphatic heterocycles. The molecule has 2 saturated carbocycles. The van der Waals surface area contributed by atoms with Crippen LogP contribution < -0.4 is 32.7 Å². The number of rotatable bonds is 19. The van der Waals surface area contributed by atoms with Crippen LogP contribution in [-0.4, -0.2) is 49.0 Å². The summed E-state index contributed by atoms with van der Waals surface area (Å²) in [7, 11) is -4.37. The lowest BCUT2D eigenvalue weighted by Crippen LogP contribution is -2.41. The molecular formula is C54H64N10O10S2. The number of hydrogen-bond acceptors (Lipinski definition) is 16. The number of aryl methyl sites for hydroxylation is 2. The Kier molecular flexibility index (Phi) is 17.8. The SMILES string of the molecule is CCCn1c(=O)c(N=Nc2ccc(-c3ccc(N=Nc4c(O)n(-c5ccc(C)cc5)c(=O)n(CCC)c4=O)cc3S(=O)(=O)NC3CCCCC3C)c(SOONC3CCCCC3C)c2)c(O)n(-c2ccc(C)cc2)c1=O. The number of sulfonamides is 1. The zero-order chi connectivity index (χ0) is 54.3. The van der Waals surface area contributed by atoms with Crippen molar-refractivity contribution in [1.82, 2.24) is 28.5 Å². The second kappa shape index (κ2) is 24.5. The van der Waals surface area contributed by atoms with E-state index in [0.717, 1.165) is 86.4 Å². The largest absolute Gasteiger partial charge is 0.492 e. The number of aromatic hydroxyl groups is 2. The number of hydroxylamine groups is 1. The Bertz CT molecular complexity index is 3500. The molecular weight excluding hydrogens is 1010 g/mol. The molecule has 2 aliphatic carbocycles. The maximum Gasteiger partial charge on any atom is 0.338 e. The molecule has 2 heterocycles. The van der Waals surface area contributed by atoms with Gasteiger partial charge in [-0.1, -0.05) is 101 Å². The van der Waals surface area contributed by atoms with Gasteiger partial charge in [-0.2, -0.15) is 15.7 Å². The second-order valence-corrected chi connectivity index (χ2v) is 22.1. The molecule has 76 heavy (non-hydrogen) atoms. The molecule has 0 amide bonds. The van der Waals surface area contributed by atoms with Gasteiger partial charge in [-0.05, 0) is 118 Å². The average molecular weight is 1080 g/mol. The van der Waals surface area contributed by atoms with Gasteiger partial charge < -0.3 is 10.2 Å². The van der Waals surface area contributed by atoms with Crippen molar-refractivity contribution in [1.29, 1.82) is 0 Å². The Hall–Kier alpha value is -6.82. The van der Waals surface area contributed by atoms with Gasteiger partial charge in [-0.3, -0.25) is 18.7 Å². The molecule has 4 N–H and O–H groups in total. The molecule has 4 unspecified atom stereocenters. The third kappa shape index (κ3) is 12.2. The fraction of sp³-hybridized carbons (Fsp3) is 0.407. The van der Waals surface area contributed by atoms with E-state index in [1.54, 1.807) is 67.6 Å². The zero-order valence-corrected chi connectivity index (χ0v) is 45.1. The summed E-state index contributed by atoms with van der Waals surface area (Å²) in [4.78, 5) is 60.5. The molecule has 2 aliphatic rings. The Labute approximate surface area is 444 Å². The number of nitrogens with one attached hydrogen (secondary N) is 2. The third-order valence-corrected chi connectivity index (χ3v) is 16.2. The predicted molar refractivity (Wildman–Crippen MR) is 291 cm³/mol. The van der Waals surface area contributed by atoms with Gasteiger partial charge in [-0.25, -0.2) is 31.9 Å². The van der Waals surface area contributed by atoms with E-state index in [9.17, 15) is 37.8 Å². The molecule has 2 aromatic heterocycles. The van der Waals surface area contributed by atoms with Crippen LogP contribution >= 0.6 is 12.0 Å². The van der Waals surface area contributed by atoms with Gasteiger partial charge >= 0.3 is 11.4 Å². The lowest BCUT2D eigenvalue weighted by atomic mass is 9.86. The average Bonchev–Trinajstić information content (AvgIpc) is 3.46. The van der Waals surface area contributed by atoms with Crippen LogP contribution in [0.1, 0.15) is 103 Å². The first-order valence-corrected chi connectivity index (χ1v) is 27.9. The summed E-state index contributed by atoms with van der Waals surface area (Å²) in [6, 6.07) is 22.3. The van der Waals surface area contributed by atoms with E-state index in [2.05, 4.69) is 37.6 Å². The van der Waals surface area contributed by atoms with Crippen LogP contribution in [0.15, 0.2) is 134 Å². The van der Waals surface area contributed by atoms with Crippen molar-refractivity contribution in [3.05, 3.63) is 138 Å². The van der Waals surface area contributed by atoms with Crippen LogP contribution in [-0.2, 0) is 32.4 Å². The first-order valence-electron chi connectivity index (χ1n) is 25.7. The van der Waals surface area contributed by atoms with Crippen LogP contribution in [0.25, 0.3) is 22.5 Å². The van der Waals surface area contributed by atoms with Crippen LogP contribution in [0.3, 0.4) is 0 Å². The standard InChI is InChI=1S/C54H64N10O10S2/c1-7-29-61-49(65)47(51(67)63(53(61)69)39-23-17-33(3)18-24-39)57-55-37-21-27-41(45(31-37)75-74-73-59-43-15-11-9-13-35(43)5)42-28-22-38(32-46(42)76(71,72)60-44-16-12-10-14-36(44)6)56-58-48-50(66)62(30-8-2)54(70)64(52(48)68)40-25-19-34(4)20-26-40/h17-28,31-32,35-36,43-44,59-60,67-68H,7-16,29-30H2,1-6H3. The van der Waals surface area contributed by atoms with E-state index in [0.29, 0.717) is 47.0 Å². The number of azo groups is 2. The summed E-state index contributed by atoms with van der Waals surface area (Å²) in [5.41, 5.74) is 1.89. The van der Waals surface area contributed by atoms with Crippen molar-refractivity contribution >= 4 is 44.8 Å². The van der Waals surface area contributed by atoms with E-state index in [1.165, 1.54) is 24.3 Å². The first kappa shape index (κ1) is 55.4. The van der Waals surface area contributed by atoms with Crippen LogP contribution in [0.5, 0.6) is 11.8 Å². The smallest absolute Gasteiger partial charge is 0.338 e. The van der Waals surface area contributed by atoms with E-state index >= 15 is 0 Å². The molecule has 0 bridgehead atoms. The number of aromatic nitrogens is 4. The minimum Gasteiger partial charge on any atom is -0.492 e. The van der Waals surface area contributed by atoms with Crippen molar-refractivity contribution < 1.29 is 28.0 Å². The van der Waals surface area contributed by atoms with Crippen LogP contribution in [0, 0.1) is 25.7 Å². The van der Waals surface area contributed by atoms with Gasteiger partial charge in [0.15, 0.2) is 0 Å². The normalized spacial score (nSPS) is 18.2. The number of hydrogen-bond donors (Lipinski definition) is 4. The Morgan fingerprint density at radius 3 is 1.57 bits per heavy atom. The van der Waals surface area contributed by atoms with E-state index in [-0.39, 0.29) is 52.9 Å². The monoisotopic (exact) mass is 1080 g/mol. The molecule has 20 nitrogen and oxygen atoms in total. The van der Waals surface area contributed by atoms with Gasteiger partial charge in [0, 0.05) is 35.6 Å². The molecule has 402 valence electrons. The van der Waals surface area contributed by atoms with Crippen LogP contribution in [0.2, 0.25) is 0 Å². The minimum atomic E-state index is -4.37. The Morgan fingerprint density at radius 2 is 1.08 bits per heavy atom. The maximum atomic E-state index is 14.9. The Balaban J connectivity index is 1.24. The topological polar surface area (TPSA) is 255 Å². The molecule has 0 radical (unpaired) electrons. The van der Waals surface area contributed by atoms with Crippen molar-refractivity contribution in [2.45, 2.75) is 141 Å². The highest BCUT2D eigenvalue weighted by Crippen LogP contribution is 2.41. The quantitative estimate of drug-likeness (QED) is 0.0194. The number of benzene rings is 4. The first-order chi connectivity index (χ1) is 36.5. The highest BCUT2D eigenvalue weighted by molar-refractivity contribution is 7.94. The second-order valence-electron chi connectivity index (χ2n) is 19.6. The molecule has 22 heteroatoms. The van der Waals surface area contributed by atoms with Gasteiger partial charge in [0.2, 0.25) is 33.2 Å². The molecule has 4 atom stereocenters. The third-order valence-electron chi connectivity index (χ3n) is 14.0. The van der Waals surface area contributed by atoms with E-state index < -0.39 is 55.7 Å². The van der Waals surface area contributed by atoms with Crippen molar-refractivity contribution in [3.63, 3.8) is 0 Å². The van der Waals surface area contributed by atoms with Gasteiger partial charge in [0.1, 0.15) is 0 Å². The summed E-state index contributed by atoms with van der Waals surface area (Å²) in [5, 5.41) is 40.1. The molecule has 2 fully saturated rings. The van der Waals surface area contributed by atoms with E-state index in [1.807, 2.05) is 27.7 Å². The lowest BCUT2D eigenvalue weighted by molar-refractivity contribution is -0.258. The number of nitrogens with zero attached hydrogens (tertiary/aromatic N) is 8. The maximum absolute atomic E-state index is 14.9. The molecule has 0 spiro atoms. The molecule has 0 saturated heterocycles. The minimum absolute atomic E-state index is 0.000245. The molecule has 8 rings (SSSR count). The summed E-state index contributed by atoms with van der Waals surface area (Å²) < 4.78 is 42.3. The van der Waals surface area contributed by atoms with Crippen LogP contribution in [0.4, 0.5) is 22.7 Å². The molecule has 6 aromatic rings. The van der Waals surface area contributed by atoms with Crippen molar-refractivity contribution in [2.24, 2.45) is 32.3 Å². The summed E-state index contributed by atoms with van der Waals surface area (Å²) in [6.07, 6.45) is 8.15. The van der Waals surface area contributed by atoms with Crippen molar-refractivity contribution in [3.8, 4) is 34.3 Å². The van der Waals surface area contributed by atoms with Crippen molar-refractivity contribution in [2.75, 3.05) is 0 Å². The van der Waals surface area contributed by atoms with E-state index in [4.69, 9.17) is 9.32 Å². The Morgan fingerprint density at radius 1 is 0.618 bits per heavy atom. The predicted octanol–water partition coefficient (Wildman–Crippen LogP) is 10.6. The highest BCUT2D eigenvalue weighted by atomic mass is 32.2. The zero-order valence-electron chi connectivity index (χ0n) is 43.4. The summed E-state index contributed by atoms with van der Waals surface area (Å²) in [6.45, 7) is 11.6.